The zero-order valence-electron chi connectivity index (χ0n) is 16.1. The van der Waals surface area contributed by atoms with Crippen molar-refractivity contribution in [3.8, 4) is 11.1 Å². The van der Waals surface area contributed by atoms with Crippen molar-refractivity contribution in [1.82, 2.24) is 15.2 Å². The molecule has 2 amide bonds. The molecular formula is C24H23N3O2. The molecule has 29 heavy (non-hydrogen) atoms. The zero-order valence-corrected chi connectivity index (χ0v) is 16.1. The summed E-state index contributed by atoms with van der Waals surface area (Å²) >= 11 is 0. The monoisotopic (exact) mass is 385 g/mol. The first kappa shape index (κ1) is 18.9. The zero-order chi connectivity index (χ0) is 20.1. The van der Waals surface area contributed by atoms with Gasteiger partial charge >= 0.3 is 0 Å². The lowest BCUT2D eigenvalue weighted by atomic mass is 10.0. The van der Waals surface area contributed by atoms with E-state index in [1.54, 1.807) is 24.5 Å². The van der Waals surface area contributed by atoms with Gasteiger partial charge in [-0.25, -0.2) is 0 Å². The van der Waals surface area contributed by atoms with Crippen LogP contribution in [-0.2, 0) is 0 Å². The van der Waals surface area contributed by atoms with Crippen molar-refractivity contribution >= 4 is 11.8 Å². The van der Waals surface area contributed by atoms with Crippen LogP contribution < -0.4 is 5.32 Å². The summed E-state index contributed by atoms with van der Waals surface area (Å²) in [5.74, 6) is -0.0443. The highest BCUT2D eigenvalue weighted by Crippen LogP contribution is 2.21. The number of hydrogen-bond acceptors (Lipinski definition) is 3. The molecule has 1 aliphatic heterocycles. The van der Waals surface area contributed by atoms with Gasteiger partial charge in [0.05, 0.1) is 0 Å². The SMILES string of the molecule is O=C(NC1CCN(C(=O)c2ccc(-c3ccccc3)cc2)CC1)c1ccncc1. The number of nitrogens with zero attached hydrogens (tertiary/aromatic N) is 2. The Morgan fingerprint density at radius 3 is 2.07 bits per heavy atom. The van der Waals surface area contributed by atoms with Gasteiger partial charge in [-0.15, -0.1) is 0 Å². The molecule has 5 nitrogen and oxygen atoms in total. The second-order valence-electron chi connectivity index (χ2n) is 7.22. The van der Waals surface area contributed by atoms with E-state index >= 15 is 0 Å². The Morgan fingerprint density at radius 2 is 1.41 bits per heavy atom. The van der Waals surface area contributed by atoms with Crippen LogP contribution in [-0.4, -0.2) is 40.8 Å². The van der Waals surface area contributed by atoms with Crippen molar-refractivity contribution in [2.45, 2.75) is 18.9 Å². The summed E-state index contributed by atoms with van der Waals surface area (Å²) in [6.45, 7) is 1.28. The lowest BCUT2D eigenvalue weighted by molar-refractivity contribution is 0.0698. The predicted octanol–water partition coefficient (Wildman–Crippen LogP) is 3.78. The van der Waals surface area contributed by atoms with E-state index in [2.05, 4.69) is 22.4 Å². The minimum Gasteiger partial charge on any atom is -0.349 e. The van der Waals surface area contributed by atoms with Crippen molar-refractivity contribution in [1.29, 1.82) is 0 Å². The molecule has 146 valence electrons. The van der Waals surface area contributed by atoms with E-state index in [1.165, 1.54) is 0 Å². The Labute approximate surface area is 170 Å². The number of rotatable bonds is 4. The summed E-state index contributed by atoms with van der Waals surface area (Å²) in [7, 11) is 0. The summed E-state index contributed by atoms with van der Waals surface area (Å²) in [5, 5.41) is 3.06. The van der Waals surface area contributed by atoms with Crippen molar-refractivity contribution in [3.05, 3.63) is 90.3 Å². The van der Waals surface area contributed by atoms with Crippen LogP contribution in [0.1, 0.15) is 33.6 Å². The Hall–Kier alpha value is -3.47. The van der Waals surface area contributed by atoms with Crippen LogP contribution in [0.4, 0.5) is 0 Å². The van der Waals surface area contributed by atoms with E-state index in [4.69, 9.17) is 0 Å². The average molecular weight is 385 g/mol. The molecule has 0 unspecified atom stereocenters. The molecule has 3 aromatic rings. The predicted molar refractivity (Wildman–Crippen MR) is 113 cm³/mol. The molecule has 0 atom stereocenters. The molecular weight excluding hydrogens is 362 g/mol. The molecule has 0 radical (unpaired) electrons. The maximum absolute atomic E-state index is 12.8. The van der Waals surface area contributed by atoms with E-state index in [1.807, 2.05) is 47.4 Å². The molecule has 0 bridgehead atoms. The highest BCUT2D eigenvalue weighted by molar-refractivity contribution is 5.95. The Kier molecular flexibility index (Phi) is 5.66. The smallest absolute Gasteiger partial charge is 0.253 e. The Balaban J connectivity index is 1.32. The fourth-order valence-electron chi connectivity index (χ4n) is 3.62. The number of pyridine rings is 1. The van der Waals surface area contributed by atoms with Crippen LogP contribution in [0.15, 0.2) is 79.1 Å². The molecule has 0 aliphatic carbocycles. The highest BCUT2D eigenvalue weighted by Gasteiger charge is 2.24. The van der Waals surface area contributed by atoms with E-state index in [-0.39, 0.29) is 17.9 Å². The topological polar surface area (TPSA) is 62.3 Å². The number of likely N-dealkylation sites (tertiary alicyclic amines) is 1. The molecule has 1 N–H and O–H groups in total. The molecule has 5 heteroatoms. The van der Waals surface area contributed by atoms with Gasteiger partial charge in [0.15, 0.2) is 0 Å². The van der Waals surface area contributed by atoms with Crippen molar-refractivity contribution in [2.24, 2.45) is 0 Å². The molecule has 0 spiro atoms. The fraction of sp³-hybridized carbons (Fsp3) is 0.208. The van der Waals surface area contributed by atoms with Gasteiger partial charge in [0.1, 0.15) is 0 Å². The van der Waals surface area contributed by atoms with E-state index in [0.717, 1.165) is 24.0 Å². The number of hydrogen-bond donors (Lipinski definition) is 1. The van der Waals surface area contributed by atoms with Gasteiger partial charge in [-0.05, 0) is 48.2 Å². The fourth-order valence-corrected chi connectivity index (χ4v) is 3.62. The molecule has 0 saturated carbocycles. The van der Waals surface area contributed by atoms with Gasteiger partial charge in [-0.3, -0.25) is 14.6 Å². The van der Waals surface area contributed by atoms with Gasteiger partial charge in [0.2, 0.25) is 0 Å². The van der Waals surface area contributed by atoms with Gasteiger partial charge < -0.3 is 10.2 Å². The molecule has 1 saturated heterocycles. The molecule has 4 rings (SSSR count). The number of aromatic nitrogens is 1. The minimum atomic E-state index is -0.0892. The number of benzene rings is 2. The van der Waals surface area contributed by atoms with Crippen molar-refractivity contribution < 1.29 is 9.59 Å². The van der Waals surface area contributed by atoms with Crippen LogP contribution in [0.5, 0.6) is 0 Å². The maximum Gasteiger partial charge on any atom is 0.253 e. The number of carbonyl (C=O) groups is 2. The van der Waals surface area contributed by atoms with Gasteiger partial charge in [-0.2, -0.15) is 0 Å². The molecule has 1 aliphatic rings. The van der Waals surface area contributed by atoms with Crippen LogP contribution in [0, 0.1) is 0 Å². The van der Waals surface area contributed by atoms with Crippen LogP contribution in [0.25, 0.3) is 11.1 Å². The molecule has 2 aromatic carbocycles. The first-order chi connectivity index (χ1) is 14.2. The van der Waals surface area contributed by atoms with Gasteiger partial charge in [0.25, 0.3) is 11.8 Å². The summed E-state index contributed by atoms with van der Waals surface area (Å²) in [6, 6.07) is 21.4. The van der Waals surface area contributed by atoms with Gasteiger partial charge in [-0.1, -0.05) is 42.5 Å². The van der Waals surface area contributed by atoms with E-state index < -0.39 is 0 Å². The number of amides is 2. The summed E-state index contributed by atoms with van der Waals surface area (Å²) in [5.41, 5.74) is 3.54. The summed E-state index contributed by atoms with van der Waals surface area (Å²) in [4.78, 5) is 30.9. The van der Waals surface area contributed by atoms with Crippen LogP contribution in [0.3, 0.4) is 0 Å². The molecule has 1 aromatic heterocycles. The lowest BCUT2D eigenvalue weighted by Crippen LogP contribution is -2.46. The van der Waals surface area contributed by atoms with E-state index in [0.29, 0.717) is 24.2 Å². The Morgan fingerprint density at radius 1 is 0.793 bits per heavy atom. The second kappa shape index (κ2) is 8.69. The molecule has 1 fully saturated rings. The molecule has 2 heterocycles. The summed E-state index contributed by atoms with van der Waals surface area (Å²) < 4.78 is 0. The second-order valence-corrected chi connectivity index (χ2v) is 7.22. The first-order valence-corrected chi connectivity index (χ1v) is 9.86. The first-order valence-electron chi connectivity index (χ1n) is 9.86. The standard InChI is InChI=1S/C24H23N3O2/c28-23(20-10-14-25-15-11-20)26-22-12-16-27(17-13-22)24(29)21-8-6-19(7-9-21)18-4-2-1-3-5-18/h1-11,14-15,22H,12-13,16-17H2,(H,26,28). The van der Waals surface area contributed by atoms with Crippen molar-refractivity contribution in [3.63, 3.8) is 0 Å². The van der Waals surface area contributed by atoms with Crippen LogP contribution >= 0.6 is 0 Å². The van der Waals surface area contributed by atoms with E-state index in [9.17, 15) is 9.59 Å². The van der Waals surface area contributed by atoms with Gasteiger partial charge in [0, 0.05) is 42.7 Å². The third-order valence-electron chi connectivity index (χ3n) is 5.30. The highest BCUT2D eigenvalue weighted by atomic mass is 16.2. The Bertz CT molecular complexity index is 964. The normalized spacial score (nSPS) is 14.4. The quantitative estimate of drug-likeness (QED) is 0.743. The third-order valence-corrected chi connectivity index (χ3v) is 5.30. The minimum absolute atomic E-state index is 0.0449. The maximum atomic E-state index is 12.8. The average Bonchev–Trinajstić information content (AvgIpc) is 2.80. The van der Waals surface area contributed by atoms with Crippen molar-refractivity contribution in [2.75, 3.05) is 13.1 Å². The lowest BCUT2D eigenvalue weighted by Gasteiger charge is -2.32. The number of piperidine rings is 1. The number of nitrogens with one attached hydrogen (secondary N) is 1. The van der Waals surface area contributed by atoms with Crippen LogP contribution in [0.2, 0.25) is 0 Å². The number of carbonyl (C=O) groups excluding carboxylic acids is 2. The summed E-state index contributed by atoms with van der Waals surface area (Å²) in [6.07, 6.45) is 4.73. The third kappa shape index (κ3) is 4.51. The largest absolute Gasteiger partial charge is 0.349 e.